The summed E-state index contributed by atoms with van der Waals surface area (Å²) in [5.74, 6) is -3.28. The van der Waals surface area contributed by atoms with Crippen molar-refractivity contribution in [3.05, 3.63) is 53.5 Å². The third kappa shape index (κ3) is 8.08. The van der Waals surface area contributed by atoms with Gasteiger partial charge in [0.25, 0.3) is 5.91 Å². The number of rotatable bonds is 11. The number of aromatic nitrogens is 3. The van der Waals surface area contributed by atoms with Crippen LogP contribution in [0, 0.1) is 12.3 Å². The summed E-state index contributed by atoms with van der Waals surface area (Å²) in [7, 11) is 0. The van der Waals surface area contributed by atoms with Gasteiger partial charge in [-0.3, -0.25) is 4.79 Å². The molecule has 1 amide bonds. The number of pyridine rings is 1. The van der Waals surface area contributed by atoms with Gasteiger partial charge < -0.3 is 20.8 Å². The van der Waals surface area contributed by atoms with Gasteiger partial charge in [0.05, 0.1) is 11.4 Å². The number of thiol groups is 1. The van der Waals surface area contributed by atoms with Crippen molar-refractivity contribution in [3.63, 3.8) is 0 Å². The summed E-state index contributed by atoms with van der Waals surface area (Å²) >= 11 is 4.36. The lowest BCUT2D eigenvalue weighted by Crippen LogP contribution is -2.28. The fourth-order valence-electron chi connectivity index (χ4n) is 2.61. The molecule has 8 nitrogen and oxygen atoms in total. The molecule has 0 aliphatic heterocycles. The maximum Gasteiger partial charge on any atom is 0.302 e. The molecule has 0 spiro atoms. The highest BCUT2D eigenvalue weighted by Crippen LogP contribution is 2.23. The van der Waals surface area contributed by atoms with E-state index in [1.165, 1.54) is 19.2 Å². The molecule has 0 aromatic carbocycles. The highest BCUT2D eigenvalue weighted by Gasteiger charge is 2.31. The number of nitrogens with zero attached hydrogens (tertiary/aromatic N) is 3. The largest absolute Gasteiger partial charge is 0.471 e. The first kappa shape index (κ1) is 26.2. The number of aryl methyl sites for hydroxylation is 1. The molecule has 0 radical (unpaired) electrons. The molecule has 178 valence electrons. The Kier molecular flexibility index (Phi) is 8.86. The Morgan fingerprint density at radius 1 is 1.33 bits per heavy atom. The molecule has 0 fully saturated rings. The Morgan fingerprint density at radius 2 is 2.03 bits per heavy atom. The number of carbonyl (C=O) groups excluding carboxylic acids is 1. The minimum absolute atomic E-state index is 0.0433. The van der Waals surface area contributed by atoms with Crippen LogP contribution in [-0.4, -0.2) is 44.5 Å². The van der Waals surface area contributed by atoms with Crippen molar-refractivity contribution < 1.29 is 18.3 Å². The number of nitrogens with one attached hydrogen (secondary N) is 3. The standard InChI is InChI=1S/C22H28F2N6O2S/c1-12(2)22(23,24)11-32-18-7-6-16(10-26-18)15(5)28-20(31)17-9-14(4)27-21(29-17)30-19(33)8-13(3)25/h6-7,9-10,15,19,25,33H,1,8,11H2,2-5H3,(H,28,31)(H,27,29,30). The van der Waals surface area contributed by atoms with Crippen molar-refractivity contribution in [2.75, 3.05) is 11.9 Å². The number of amides is 1. The van der Waals surface area contributed by atoms with Gasteiger partial charge in [0.2, 0.25) is 11.8 Å². The van der Waals surface area contributed by atoms with Crippen molar-refractivity contribution in [3.8, 4) is 5.88 Å². The molecule has 2 rings (SSSR count). The van der Waals surface area contributed by atoms with Crippen molar-refractivity contribution >= 4 is 30.2 Å². The minimum atomic E-state index is -3.14. The van der Waals surface area contributed by atoms with E-state index in [-0.39, 0.29) is 28.5 Å². The van der Waals surface area contributed by atoms with Crippen molar-refractivity contribution in [1.29, 1.82) is 5.41 Å². The molecule has 2 aromatic heterocycles. The van der Waals surface area contributed by atoms with E-state index in [2.05, 4.69) is 44.8 Å². The van der Waals surface area contributed by atoms with Crippen LogP contribution in [0.5, 0.6) is 5.88 Å². The topological polar surface area (TPSA) is 113 Å². The molecule has 11 heteroatoms. The Morgan fingerprint density at radius 3 is 2.61 bits per heavy atom. The smallest absolute Gasteiger partial charge is 0.302 e. The summed E-state index contributed by atoms with van der Waals surface area (Å²) in [6.45, 7) is 8.80. The summed E-state index contributed by atoms with van der Waals surface area (Å²) in [5.41, 5.74) is 1.58. The van der Waals surface area contributed by atoms with Gasteiger partial charge in [-0.2, -0.15) is 21.4 Å². The third-order valence-corrected chi connectivity index (χ3v) is 4.83. The lowest BCUT2D eigenvalue weighted by Gasteiger charge is -2.17. The molecule has 33 heavy (non-hydrogen) atoms. The molecule has 0 saturated heterocycles. The van der Waals surface area contributed by atoms with Crippen LogP contribution in [0.3, 0.4) is 0 Å². The second kappa shape index (κ2) is 11.2. The Balaban J connectivity index is 2.02. The van der Waals surface area contributed by atoms with Gasteiger partial charge in [-0.05, 0) is 44.9 Å². The zero-order valence-electron chi connectivity index (χ0n) is 18.9. The van der Waals surface area contributed by atoms with Gasteiger partial charge >= 0.3 is 5.92 Å². The fraction of sp³-hybridized carbons (Fsp3) is 0.409. The first-order valence-corrected chi connectivity index (χ1v) is 10.7. The zero-order valence-corrected chi connectivity index (χ0v) is 19.8. The van der Waals surface area contributed by atoms with E-state index in [4.69, 9.17) is 10.1 Å². The Labute approximate surface area is 197 Å². The molecule has 2 atom stereocenters. The van der Waals surface area contributed by atoms with Crippen molar-refractivity contribution in [1.82, 2.24) is 20.3 Å². The zero-order chi connectivity index (χ0) is 24.8. The van der Waals surface area contributed by atoms with Crippen molar-refractivity contribution in [2.45, 2.75) is 51.5 Å². The average molecular weight is 479 g/mol. The van der Waals surface area contributed by atoms with Gasteiger partial charge in [-0.1, -0.05) is 12.6 Å². The van der Waals surface area contributed by atoms with Gasteiger partial charge in [-0.15, -0.1) is 0 Å². The van der Waals surface area contributed by atoms with Crippen LogP contribution in [0.4, 0.5) is 14.7 Å². The summed E-state index contributed by atoms with van der Waals surface area (Å²) in [6, 6.07) is 4.22. The van der Waals surface area contributed by atoms with Crippen LogP contribution in [0.2, 0.25) is 0 Å². The normalized spacial score (nSPS) is 13.1. The number of carbonyl (C=O) groups is 1. The lowest BCUT2D eigenvalue weighted by molar-refractivity contribution is -0.00696. The molecule has 0 saturated carbocycles. The maximum atomic E-state index is 13.6. The average Bonchev–Trinajstić information content (AvgIpc) is 2.71. The number of halogens is 2. The number of hydrogen-bond acceptors (Lipinski definition) is 8. The monoisotopic (exact) mass is 478 g/mol. The molecule has 2 unspecified atom stereocenters. The number of ether oxygens (including phenoxy) is 1. The Hall–Kier alpha value is -3.08. The second-order valence-electron chi connectivity index (χ2n) is 7.76. The van der Waals surface area contributed by atoms with Crippen LogP contribution >= 0.6 is 12.6 Å². The van der Waals surface area contributed by atoms with E-state index in [1.54, 1.807) is 32.9 Å². The van der Waals surface area contributed by atoms with Crippen LogP contribution in [0.1, 0.15) is 55.0 Å². The number of anilines is 1. The fourth-order valence-corrected chi connectivity index (χ4v) is 3.00. The highest BCUT2D eigenvalue weighted by atomic mass is 32.1. The second-order valence-corrected chi connectivity index (χ2v) is 8.38. The van der Waals surface area contributed by atoms with E-state index in [1.807, 2.05) is 0 Å². The molecule has 3 N–H and O–H groups in total. The first-order chi connectivity index (χ1) is 15.4. The number of hydrogen-bond donors (Lipinski definition) is 4. The van der Waals surface area contributed by atoms with Gasteiger partial charge in [0, 0.05) is 30.1 Å². The van der Waals surface area contributed by atoms with Gasteiger partial charge in [-0.25, -0.2) is 15.0 Å². The Bertz CT molecular complexity index is 1020. The molecule has 0 aliphatic rings. The molecule has 2 heterocycles. The summed E-state index contributed by atoms with van der Waals surface area (Å²) < 4.78 is 32.2. The molecule has 0 aliphatic carbocycles. The SMILES string of the molecule is C=C(C)C(F)(F)COc1ccc(C(C)NC(=O)c2cc(C)nc(NC(S)CC(C)=N)n2)cn1. The van der Waals surface area contributed by atoms with Crippen LogP contribution in [0.25, 0.3) is 0 Å². The summed E-state index contributed by atoms with van der Waals surface area (Å²) in [5, 5.41) is 13.0. The summed E-state index contributed by atoms with van der Waals surface area (Å²) in [4.78, 5) is 25.2. The predicted octanol–water partition coefficient (Wildman–Crippen LogP) is 4.36. The molecular formula is C22H28F2N6O2S. The number of alkyl halides is 2. The van der Waals surface area contributed by atoms with E-state index >= 15 is 0 Å². The van der Waals surface area contributed by atoms with E-state index in [0.29, 0.717) is 23.4 Å². The van der Waals surface area contributed by atoms with Gasteiger partial charge in [0.1, 0.15) is 5.69 Å². The van der Waals surface area contributed by atoms with Crippen LogP contribution < -0.4 is 15.4 Å². The lowest BCUT2D eigenvalue weighted by atomic mass is 10.1. The highest BCUT2D eigenvalue weighted by molar-refractivity contribution is 7.81. The van der Waals surface area contributed by atoms with Crippen molar-refractivity contribution in [2.24, 2.45) is 0 Å². The maximum absolute atomic E-state index is 13.6. The predicted molar refractivity (Wildman–Crippen MR) is 127 cm³/mol. The van der Waals surface area contributed by atoms with E-state index in [9.17, 15) is 13.6 Å². The molecule has 2 aromatic rings. The quantitative estimate of drug-likeness (QED) is 0.165. The molecule has 0 bridgehead atoms. The molecular weight excluding hydrogens is 450 g/mol. The van der Waals surface area contributed by atoms with Crippen LogP contribution in [-0.2, 0) is 0 Å². The minimum Gasteiger partial charge on any atom is -0.471 e. The summed E-state index contributed by atoms with van der Waals surface area (Å²) in [6.07, 6.45) is 1.85. The van der Waals surface area contributed by atoms with E-state index < -0.39 is 24.5 Å². The van der Waals surface area contributed by atoms with Crippen LogP contribution in [0.15, 0.2) is 36.5 Å². The van der Waals surface area contributed by atoms with E-state index in [0.717, 1.165) is 0 Å². The van der Waals surface area contributed by atoms with Gasteiger partial charge in [0.15, 0.2) is 6.61 Å². The third-order valence-electron chi connectivity index (χ3n) is 4.51. The first-order valence-electron chi connectivity index (χ1n) is 10.1.